The Balaban J connectivity index is 1.89. The average molecular weight is 294 g/mol. The molecule has 1 N–H and O–H groups in total. The van der Waals surface area contributed by atoms with E-state index in [4.69, 9.17) is 0 Å². The van der Waals surface area contributed by atoms with Gasteiger partial charge < -0.3 is 9.88 Å². The van der Waals surface area contributed by atoms with Gasteiger partial charge in [0, 0.05) is 19.3 Å². The number of anilines is 1. The third-order valence-electron chi connectivity index (χ3n) is 5.25. The smallest absolute Gasteiger partial charge is 0.268 e. The molecule has 3 heterocycles. The highest BCUT2D eigenvalue weighted by atomic mass is 16.1. The second-order valence-corrected chi connectivity index (χ2v) is 6.57. The monoisotopic (exact) mass is 294 g/mol. The molecule has 0 amide bonds. The molecule has 5 heteroatoms. The van der Waals surface area contributed by atoms with Crippen LogP contribution in [0.5, 0.6) is 0 Å². The van der Waals surface area contributed by atoms with Gasteiger partial charge in [0.25, 0.3) is 5.56 Å². The zero-order valence-electron chi connectivity index (χ0n) is 12.4. The van der Waals surface area contributed by atoms with Crippen LogP contribution in [-0.4, -0.2) is 23.1 Å². The number of hydrogen-bond acceptors (Lipinski definition) is 4. The molecule has 22 heavy (non-hydrogen) atoms. The molecule has 2 aromatic rings. The van der Waals surface area contributed by atoms with Crippen molar-refractivity contribution < 1.29 is 0 Å². The summed E-state index contributed by atoms with van der Waals surface area (Å²) in [5.41, 5.74) is 2.45. The van der Waals surface area contributed by atoms with Crippen LogP contribution in [0.15, 0.2) is 23.1 Å². The highest BCUT2D eigenvalue weighted by Crippen LogP contribution is 2.48. The molecule has 2 aromatic heterocycles. The van der Waals surface area contributed by atoms with Gasteiger partial charge in [0.15, 0.2) is 0 Å². The fraction of sp³-hybridized carbons (Fsp3) is 0.471. The Hall–Kier alpha value is -2.35. The zero-order chi connectivity index (χ0) is 15.2. The first kappa shape index (κ1) is 13.3. The van der Waals surface area contributed by atoms with Gasteiger partial charge in [0.05, 0.1) is 11.2 Å². The Kier molecular flexibility index (Phi) is 2.93. The van der Waals surface area contributed by atoms with E-state index in [1.54, 1.807) is 12.3 Å². The topological polar surface area (TPSA) is 72.8 Å². The number of aromatic nitrogens is 2. The van der Waals surface area contributed by atoms with Crippen molar-refractivity contribution in [2.24, 2.45) is 5.41 Å². The van der Waals surface area contributed by atoms with Crippen molar-refractivity contribution in [1.82, 2.24) is 9.97 Å². The number of pyridine rings is 2. The van der Waals surface area contributed by atoms with E-state index < -0.39 is 0 Å². The first-order chi connectivity index (χ1) is 10.7. The molecule has 0 bridgehead atoms. The summed E-state index contributed by atoms with van der Waals surface area (Å²) in [6.45, 7) is 1.84. The van der Waals surface area contributed by atoms with Crippen LogP contribution in [0.1, 0.15) is 37.7 Å². The lowest BCUT2D eigenvalue weighted by molar-refractivity contribution is 0.108. The number of nitrogens with zero attached hydrogens (tertiary/aromatic N) is 3. The van der Waals surface area contributed by atoms with Gasteiger partial charge in [0.2, 0.25) is 0 Å². The number of nitriles is 1. The molecule has 1 spiro atoms. The second kappa shape index (κ2) is 4.84. The Bertz CT molecular complexity index is 829. The number of nitrogens with one attached hydrogen (secondary N) is 1. The predicted molar refractivity (Wildman–Crippen MR) is 84.8 cm³/mol. The van der Waals surface area contributed by atoms with Crippen LogP contribution < -0.4 is 10.5 Å². The van der Waals surface area contributed by atoms with Gasteiger partial charge in [-0.05, 0) is 43.2 Å². The average Bonchev–Trinajstić information content (AvgIpc) is 2.52. The van der Waals surface area contributed by atoms with E-state index >= 15 is 0 Å². The van der Waals surface area contributed by atoms with Crippen molar-refractivity contribution >= 4 is 16.7 Å². The molecule has 2 fully saturated rings. The van der Waals surface area contributed by atoms with Gasteiger partial charge in [-0.15, -0.1) is 0 Å². The minimum Gasteiger partial charge on any atom is -0.368 e. The van der Waals surface area contributed by atoms with E-state index in [1.165, 1.54) is 25.7 Å². The third kappa shape index (κ3) is 1.91. The summed E-state index contributed by atoms with van der Waals surface area (Å²) in [4.78, 5) is 21.7. The van der Waals surface area contributed by atoms with Gasteiger partial charge in [-0.1, -0.05) is 6.42 Å². The fourth-order valence-electron chi connectivity index (χ4n) is 4.00. The summed E-state index contributed by atoms with van der Waals surface area (Å²) in [5.74, 6) is 0. The highest BCUT2D eigenvalue weighted by Gasteiger charge is 2.41. The second-order valence-electron chi connectivity index (χ2n) is 6.57. The number of fused-ring (bicyclic) bond motifs is 1. The van der Waals surface area contributed by atoms with Crippen molar-refractivity contribution in [3.63, 3.8) is 0 Å². The lowest BCUT2D eigenvalue weighted by Gasteiger charge is -2.49. The number of aromatic amines is 1. The van der Waals surface area contributed by atoms with Crippen LogP contribution in [0.2, 0.25) is 0 Å². The molecule has 0 radical (unpaired) electrons. The van der Waals surface area contributed by atoms with Crippen LogP contribution in [-0.2, 0) is 0 Å². The molecule has 2 aliphatic rings. The van der Waals surface area contributed by atoms with E-state index in [0.717, 1.165) is 30.7 Å². The summed E-state index contributed by atoms with van der Waals surface area (Å²) in [6, 6.07) is 5.74. The van der Waals surface area contributed by atoms with E-state index in [1.807, 2.05) is 6.07 Å². The van der Waals surface area contributed by atoms with Crippen molar-refractivity contribution in [3.8, 4) is 6.07 Å². The first-order valence-electron chi connectivity index (χ1n) is 7.89. The summed E-state index contributed by atoms with van der Waals surface area (Å²) < 4.78 is 0. The first-order valence-corrected chi connectivity index (χ1v) is 7.89. The van der Waals surface area contributed by atoms with Crippen LogP contribution in [0.3, 0.4) is 0 Å². The number of hydrogen-bond donors (Lipinski definition) is 1. The van der Waals surface area contributed by atoms with E-state index in [0.29, 0.717) is 10.9 Å². The van der Waals surface area contributed by atoms with Crippen LogP contribution >= 0.6 is 0 Å². The Morgan fingerprint density at radius 1 is 1.32 bits per heavy atom. The Labute approximate surface area is 128 Å². The maximum Gasteiger partial charge on any atom is 0.268 e. The van der Waals surface area contributed by atoms with Crippen molar-refractivity contribution in [3.05, 3.63) is 34.2 Å². The van der Waals surface area contributed by atoms with E-state index in [-0.39, 0.29) is 11.1 Å². The molecule has 0 unspecified atom stereocenters. The standard InChI is InChI=1S/C17H18N4O/c18-10-12-15(14-13(20-16(12)22)4-1-8-19-14)21-9-3-7-17(11-21)5-2-6-17/h1,4,8H,2-3,5-7,9,11H2,(H,20,22). The highest BCUT2D eigenvalue weighted by molar-refractivity contribution is 5.91. The molecule has 0 atom stereocenters. The molecule has 5 nitrogen and oxygen atoms in total. The summed E-state index contributed by atoms with van der Waals surface area (Å²) in [6.07, 6.45) is 7.92. The quantitative estimate of drug-likeness (QED) is 0.877. The summed E-state index contributed by atoms with van der Waals surface area (Å²) in [7, 11) is 0. The molecule has 4 rings (SSSR count). The maximum atomic E-state index is 12.2. The molecule has 1 saturated carbocycles. The van der Waals surface area contributed by atoms with E-state index in [9.17, 15) is 10.1 Å². The van der Waals surface area contributed by atoms with Crippen molar-refractivity contribution in [2.45, 2.75) is 32.1 Å². The minimum absolute atomic E-state index is 0.197. The minimum atomic E-state index is -0.314. The summed E-state index contributed by atoms with van der Waals surface area (Å²) in [5, 5.41) is 9.47. The van der Waals surface area contributed by atoms with Gasteiger partial charge in [0.1, 0.15) is 17.1 Å². The Morgan fingerprint density at radius 3 is 2.86 bits per heavy atom. The molecule has 1 aliphatic heterocycles. The molecule has 112 valence electrons. The lowest BCUT2D eigenvalue weighted by atomic mass is 9.64. The van der Waals surface area contributed by atoms with Gasteiger partial charge >= 0.3 is 0 Å². The molecule has 1 aliphatic carbocycles. The van der Waals surface area contributed by atoms with E-state index in [2.05, 4.69) is 20.9 Å². The molecular weight excluding hydrogens is 276 g/mol. The van der Waals surface area contributed by atoms with Gasteiger partial charge in [-0.2, -0.15) is 5.26 Å². The molecular formula is C17H18N4O. The summed E-state index contributed by atoms with van der Waals surface area (Å²) >= 11 is 0. The number of H-pyrrole nitrogens is 1. The molecule has 1 saturated heterocycles. The van der Waals surface area contributed by atoms with Crippen LogP contribution in [0, 0.1) is 16.7 Å². The fourth-order valence-corrected chi connectivity index (χ4v) is 4.00. The van der Waals surface area contributed by atoms with Gasteiger partial charge in [-0.25, -0.2) is 0 Å². The zero-order valence-corrected chi connectivity index (χ0v) is 12.4. The third-order valence-corrected chi connectivity index (χ3v) is 5.25. The SMILES string of the molecule is N#Cc1c(N2CCCC3(CCC3)C2)c2ncccc2[nH]c1=O. The Morgan fingerprint density at radius 2 is 2.14 bits per heavy atom. The largest absolute Gasteiger partial charge is 0.368 e. The van der Waals surface area contributed by atoms with Crippen molar-refractivity contribution in [2.75, 3.05) is 18.0 Å². The molecule has 0 aromatic carbocycles. The number of rotatable bonds is 1. The van der Waals surface area contributed by atoms with Crippen LogP contribution in [0.4, 0.5) is 5.69 Å². The predicted octanol–water partition coefficient (Wildman–Crippen LogP) is 2.57. The number of piperidine rings is 1. The van der Waals surface area contributed by atoms with Crippen molar-refractivity contribution in [1.29, 1.82) is 5.26 Å². The van der Waals surface area contributed by atoms with Gasteiger partial charge in [-0.3, -0.25) is 9.78 Å². The normalized spacial score (nSPS) is 19.9. The van der Waals surface area contributed by atoms with Crippen LogP contribution in [0.25, 0.3) is 11.0 Å². The lowest BCUT2D eigenvalue weighted by Crippen LogP contribution is -2.47. The maximum absolute atomic E-state index is 12.2.